The van der Waals surface area contributed by atoms with Crippen molar-refractivity contribution in [2.24, 2.45) is 5.92 Å². The molecule has 18 heavy (non-hydrogen) atoms. The Bertz CT molecular complexity index is 387. The number of carboxylic acids is 1. The molecule has 0 radical (unpaired) electrons. The second kappa shape index (κ2) is 7.01. The van der Waals surface area contributed by atoms with Crippen LogP contribution in [0.1, 0.15) is 25.8 Å². The molecule has 0 saturated heterocycles. The fraction of sp³-hybridized carbons (Fsp3) is 0.500. The van der Waals surface area contributed by atoms with Gasteiger partial charge in [-0.2, -0.15) is 0 Å². The number of ether oxygens (including phenoxy) is 2. The van der Waals surface area contributed by atoms with Crippen LogP contribution < -0.4 is 4.74 Å². The minimum absolute atomic E-state index is 0.272. The highest BCUT2D eigenvalue weighted by atomic mass is 16.5. The van der Waals surface area contributed by atoms with Crippen molar-refractivity contribution in [1.82, 2.24) is 0 Å². The first-order chi connectivity index (χ1) is 8.52. The number of aliphatic carboxylic acids is 1. The summed E-state index contributed by atoms with van der Waals surface area (Å²) in [5.41, 5.74) is 0.962. The summed E-state index contributed by atoms with van der Waals surface area (Å²) >= 11 is 0. The van der Waals surface area contributed by atoms with Crippen molar-refractivity contribution in [3.63, 3.8) is 0 Å². The van der Waals surface area contributed by atoms with E-state index in [4.69, 9.17) is 14.6 Å². The Morgan fingerprint density at radius 2 is 2.11 bits per heavy atom. The number of methoxy groups -OCH3 is 1. The maximum Gasteiger partial charge on any atom is 0.344 e. The van der Waals surface area contributed by atoms with Gasteiger partial charge in [0.25, 0.3) is 0 Å². The zero-order chi connectivity index (χ0) is 13.5. The van der Waals surface area contributed by atoms with E-state index in [9.17, 15) is 4.79 Å². The van der Waals surface area contributed by atoms with E-state index in [1.807, 2.05) is 26.0 Å². The molecule has 1 aromatic carbocycles. The molecule has 1 N–H and O–H groups in total. The molecule has 0 bridgehead atoms. The smallest absolute Gasteiger partial charge is 0.344 e. The fourth-order valence-electron chi connectivity index (χ4n) is 1.67. The first-order valence-corrected chi connectivity index (χ1v) is 6.00. The van der Waals surface area contributed by atoms with Crippen molar-refractivity contribution in [1.29, 1.82) is 0 Å². The predicted octanol–water partition coefficient (Wildman–Crippen LogP) is 2.71. The van der Waals surface area contributed by atoms with E-state index in [0.717, 1.165) is 5.56 Å². The Balaban J connectivity index is 2.73. The Morgan fingerprint density at radius 1 is 1.39 bits per heavy atom. The van der Waals surface area contributed by atoms with Crippen molar-refractivity contribution < 1.29 is 19.4 Å². The van der Waals surface area contributed by atoms with Crippen LogP contribution in [-0.2, 0) is 16.1 Å². The van der Waals surface area contributed by atoms with Crippen molar-refractivity contribution in [2.75, 3.05) is 7.11 Å². The van der Waals surface area contributed by atoms with Gasteiger partial charge in [0.1, 0.15) is 5.75 Å². The quantitative estimate of drug-likeness (QED) is 0.810. The summed E-state index contributed by atoms with van der Waals surface area (Å²) in [5, 5.41) is 9.11. The Kier molecular flexibility index (Phi) is 5.65. The van der Waals surface area contributed by atoms with Gasteiger partial charge in [-0.1, -0.05) is 26.0 Å². The Morgan fingerprint density at radius 3 is 2.67 bits per heavy atom. The molecule has 0 aliphatic heterocycles. The third-order valence-corrected chi connectivity index (χ3v) is 2.45. The molecule has 100 valence electrons. The van der Waals surface area contributed by atoms with Crippen LogP contribution in [0.5, 0.6) is 5.75 Å². The van der Waals surface area contributed by atoms with Crippen LogP contribution in [0.2, 0.25) is 0 Å². The molecule has 1 rings (SSSR count). The molecule has 4 nitrogen and oxygen atoms in total. The zero-order valence-corrected chi connectivity index (χ0v) is 11.1. The third-order valence-electron chi connectivity index (χ3n) is 2.45. The van der Waals surface area contributed by atoms with Crippen LogP contribution in [-0.4, -0.2) is 24.3 Å². The van der Waals surface area contributed by atoms with E-state index in [2.05, 4.69) is 0 Å². The minimum Gasteiger partial charge on any atom is -0.479 e. The average Bonchev–Trinajstić information content (AvgIpc) is 2.28. The molecule has 0 fully saturated rings. The summed E-state index contributed by atoms with van der Waals surface area (Å²) < 4.78 is 10.5. The number of carbonyl (C=O) groups is 1. The van der Waals surface area contributed by atoms with Gasteiger partial charge in [-0.3, -0.25) is 0 Å². The topological polar surface area (TPSA) is 55.8 Å². The molecule has 4 heteroatoms. The SMILES string of the molecule is COCc1cccc(O[C@H](CC(C)C)C(=O)O)c1. The van der Waals surface area contributed by atoms with Gasteiger partial charge < -0.3 is 14.6 Å². The molecular formula is C14H20O4. The molecule has 0 heterocycles. The first-order valence-electron chi connectivity index (χ1n) is 6.00. The standard InChI is InChI=1S/C14H20O4/c1-10(2)7-13(14(15)16)18-12-6-4-5-11(8-12)9-17-3/h4-6,8,10,13H,7,9H2,1-3H3,(H,15,16)/t13-/m1/s1. The molecule has 0 aliphatic carbocycles. The minimum atomic E-state index is -0.930. The zero-order valence-electron chi connectivity index (χ0n) is 11.1. The van der Waals surface area contributed by atoms with E-state index in [-0.39, 0.29) is 5.92 Å². The highest BCUT2D eigenvalue weighted by molar-refractivity contribution is 5.72. The average molecular weight is 252 g/mol. The van der Waals surface area contributed by atoms with E-state index in [1.54, 1.807) is 19.2 Å². The van der Waals surface area contributed by atoms with Crippen LogP contribution in [0.3, 0.4) is 0 Å². The molecule has 0 spiro atoms. The summed E-state index contributed by atoms with van der Waals surface area (Å²) in [4.78, 5) is 11.1. The van der Waals surface area contributed by atoms with Gasteiger partial charge >= 0.3 is 5.97 Å². The molecule has 0 amide bonds. The normalized spacial score (nSPS) is 12.4. The van der Waals surface area contributed by atoms with Crippen molar-refractivity contribution in [2.45, 2.75) is 33.0 Å². The van der Waals surface area contributed by atoms with Crippen molar-refractivity contribution in [3.8, 4) is 5.75 Å². The van der Waals surface area contributed by atoms with Gasteiger partial charge in [0.05, 0.1) is 6.61 Å². The number of hydrogen-bond donors (Lipinski definition) is 1. The van der Waals surface area contributed by atoms with E-state index in [0.29, 0.717) is 18.8 Å². The first kappa shape index (κ1) is 14.5. The highest BCUT2D eigenvalue weighted by Crippen LogP contribution is 2.18. The molecule has 0 aromatic heterocycles. The Labute approximate surface area is 108 Å². The lowest BCUT2D eigenvalue weighted by atomic mass is 10.1. The van der Waals surface area contributed by atoms with Gasteiger partial charge in [-0.25, -0.2) is 4.79 Å². The van der Waals surface area contributed by atoms with Crippen molar-refractivity contribution in [3.05, 3.63) is 29.8 Å². The maximum absolute atomic E-state index is 11.1. The summed E-state index contributed by atoms with van der Waals surface area (Å²) in [5.74, 6) is -0.0910. The van der Waals surface area contributed by atoms with Crippen LogP contribution in [0.25, 0.3) is 0 Å². The summed E-state index contributed by atoms with van der Waals surface area (Å²) in [6.07, 6.45) is -0.313. The van der Waals surface area contributed by atoms with Gasteiger partial charge in [0.2, 0.25) is 0 Å². The maximum atomic E-state index is 11.1. The number of carboxylic acid groups (broad SMARTS) is 1. The molecule has 0 unspecified atom stereocenters. The highest BCUT2D eigenvalue weighted by Gasteiger charge is 2.20. The van der Waals surface area contributed by atoms with Crippen LogP contribution in [0.4, 0.5) is 0 Å². The summed E-state index contributed by atoms with van der Waals surface area (Å²) in [6, 6.07) is 7.31. The largest absolute Gasteiger partial charge is 0.479 e. The van der Waals surface area contributed by atoms with E-state index >= 15 is 0 Å². The molecule has 1 aromatic rings. The number of benzene rings is 1. The van der Waals surface area contributed by atoms with Gasteiger partial charge in [0.15, 0.2) is 6.10 Å². The van der Waals surface area contributed by atoms with E-state index < -0.39 is 12.1 Å². The van der Waals surface area contributed by atoms with Gasteiger partial charge in [-0.05, 0) is 30.0 Å². The Hall–Kier alpha value is -1.55. The van der Waals surface area contributed by atoms with Crippen LogP contribution >= 0.6 is 0 Å². The number of rotatable bonds is 7. The van der Waals surface area contributed by atoms with Gasteiger partial charge in [0, 0.05) is 7.11 Å². The second-order valence-corrected chi connectivity index (χ2v) is 4.65. The molecule has 1 atom stereocenters. The van der Waals surface area contributed by atoms with Gasteiger partial charge in [-0.15, -0.1) is 0 Å². The second-order valence-electron chi connectivity index (χ2n) is 4.65. The fourth-order valence-corrected chi connectivity index (χ4v) is 1.67. The number of hydrogen-bond acceptors (Lipinski definition) is 3. The monoisotopic (exact) mass is 252 g/mol. The summed E-state index contributed by atoms with van der Waals surface area (Å²) in [6.45, 7) is 4.43. The lowest BCUT2D eigenvalue weighted by Gasteiger charge is -2.17. The van der Waals surface area contributed by atoms with Crippen LogP contribution in [0, 0.1) is 5.92 Å². The lowest BCUT2D eigenvalue weighted by Crippen LogP contribution is -2.28. The van der Waals surface area contributed by atoms with Crippen LogP contribution in [0.15, 0.2) is 24.3 Å². The molecular weight excluding hydrogens is 232 g/mol. The van der Waals surface area contributed by atoms with E-state index in [1.165, 1.54) is 0 Å². The summed E-state index contributed by atoms with van der Waals surface area (Å²) in [7, 11) is 1.62. The lowest BCUT2D eigenvalue weighted by molar-refractivity contribution is -0.145. The third kappa shape index (κ3) is 4.75. The molecule has 0 saturated carbocycles. The molecule has 0 aliphatic rings. The van der Waals surface area contributed by atoms with Crippen molar-refractivity contribution >= 4 is 5.97 Å². The predicted molar refractivity (Wildman–Crippen MR) is 68.7 cm³/mol.